The molecule has 0 unspecified atom stereocenters. The fourth-order valence-electron chi connectivity index (χ4n) is 3.70. The van der Waals surface area contributed by atoms with E-state index in [0.29, 0.717) is 22.6 Å². The van der Waals surface area contributed by atoms with E-state index in [1.807, 2.05) is 6.07 Å². The molecule has 152 valence electrons. The Morgan fingerprint density at radius 2 is 2.10 bits per heavy atom. The quantitative estimate of drug-likeness (QED) is 0.678. The Kier molecular flexibility index (Phi) is 5.61. The normalized spacial score (nSPS) is 16.0. The summed E-state index contributed by atoms with van der Waals surface area (Å²) in [5.74, 6) is 1.54. The molecule has 1 aliphatic heterocycles. The molecular weight excluding hydrogens is 380 g/mol. The summed E-state index contributed by atoms with van der Waals surface area (Å²) in [5.41, 5.74) is 2.70. The number of carbonyl (C=O) groups excluding carboxylic acids is 1. The van der Waals surface area contributed by atoms with Crippen molar-refractivity contribution in [3.05, 3.63) is 65.6 Å². The second-order valence-corrected chi connectivity index (χ2v) is 7.18. The fraction of sp³-hybridized carbons (Fsp3) is 0.273. The van der Waals surface area contributed by atoms with E-state index in [0.717, 1.165) is 37.4 Å². The van der Waals surface area contributed by atoms with Gasteiger partial charge >= 0.3 is 0 Å². The number of ether oxygens (including phenoxy) is 1. The van der Waals surface area contributed by atoms with Crippen molar-refractivity contribution in [3.63, 3.8) is 0 Å². The lowest BCUT2D eigenvalue weighted by Gasteiger charge is -2.33. The van der Waals surface area contributed by atoms with Gasteiger partial charge in [0.15, 0.2) is 0 Å². The Balaban J connectivity index is 1.47. The van der Waals surface area contributed by atoms with Gasteiger partial charge in [-0.3, -0.25) is 9.89 Å². The number of piperidine rings is 1. The standard InChI is InChI=1S/C22H22N6O2/c1-30-18-7-5-16(6-8-18)22(29)26-19-13-25-27-21(19)17-3-2-10-28(14-17)20-9-4-15(11-23)12-24-20/h4-9,12-13,17H,2-3,10,14H2,1H3,(H,25,27)(H,26,29)/t17-/m0/s1. The van der Waals surface area contributed by atoms with Gasteiger partial charge in [0.25, 0.3) is 5.91 Å². The van der Waals surface area contributed by atoms with E-state index in [-0.39, 0.29) is 11.8 Å². The molecule has 2 aromatic heterocycles. The van der Waals surface area contributed by atoms with Crippen LogP contribution in [0.4, 0.5) is 11.5 Å². The number of hydrogen-bond acceptors (Lipinski definition) is 6. The van der Waals surface area contributed by atoms with Gasteiger partial charge in [-0.05, 0) is 49.2 Å². The number of aromatic amines is 1. The van der Waals surface area contributed by atoms with Gasteiger partial charge in [0.2, 0.25) is 0 Å². The van der Waals surface area contributed by atoms with Crippen molar-refractivity contribution in [1.29, 1.82) is 5.26 Å². The van der Waals surface area contributed by atoms with Crippen molar-refractivity contribution in [2.45, 2.75) is 18.8 Å². The van der Waals surface area contributed by atoms with Crippen LogP contribution >= 0.6 is 0 Å². The molecule has 3 aromatic rings. The maximum absolute atomic E-state index is 12.7. The summed E-state index contributed by atoms with van der Waals surface area (Å²) in [6.07, 6.45) is 5.23. The maximum Gasteiger partial charge on any atom is 0.255 e. The van der Waals surface area contributed by atoms with Crippen molar-refractivity contribution in [2.24, 2.45) is 0 Å². The lowest BCUT2D eigenvalue weighted by atomic mass is 9.94. The summed E-state index contributed by atoms with van der Waals surface area (Å²) in [7, 11) is 1.59. The van der Waals surface area contributed by atoms with Gasteiger partial charge in [-0.25, -0.2) is 4.98 Å². The third kappa shape index (κ3) is 4.10. The Labute approximate surface area is 174 Å². The Hall–Kier alpha value is -3.86. The van der Waals surface area contributed by atoms with Crippen LogP contribution in [0.5, 0.6) is 5.75 Å². The van der Waals surface area contributed by atoms with Crippen LogP contribution in [0.15, 0.2) is 48.8 Å². The SMILES string of the molecule is COc1ccc(C(=O)Nc2cn[nH]c2[C@H]2CCCN(c3ccc(C#N)cn3)C2)cc1. The number of benzene rings is 1. The minimum Gasteiger partial charge on any atom is -0.497 e. The number of methoxy groups -OCH3 is 1. The Morgan fingerprint density at radius 1 is 1.27 bits per heavy atom. The Bertz CT molecular complexity index is 1050. The first kappa shape index (κ1) is 19.5. The summed E-state index contributed by atoms with van der Waals surface area (Å²) in [4.78, 5) is 19.3. The zero-order valence-electron chi connectivity index (χ0n) is 16.6. The first-order chi connectivity index (χ1) is 14.7. The number of amides is 1. The molecule has 8 nitrogen and oxygen atoms in total. The molecule has 1 aliphatic rings. The first-order valence-electron chi connectivity index (χ1n) is 9.77. The van der Waals surface area contributed by atoms with E-state index in [4.69, 9.17) is 10.00 Å². The van der Waals surface area contributed by atoms with E-state index in [9.17, 15) is 4.79 Å². The summed E-state index contributed by atoms with van der Waals surface area (Å²) in [6, 6.07) is 12.7. The number of nitrogens with one attached hydrogen (secondary N) is 2. The van der Waals surface area contributed by atoms with Crippen LogP contribution in [0.25, 0.3) is 0 Å². The van der Waals surface area contributed by atoms with Crippen molar-refractivity contribution >= 4 is 17.4 Å². The summed E-state index contributed by atoms with van der Waals surface area (Å²) < 4.78 is 5.14. The molecule has 1 fully saturated rings. The number of nitrogens with zero attached hydrogens (tertiary/aromatic N) is 4. The molecule has 0 saturated carbocycles. The summed E-state index contributed by atoms with van der Waals surface area (Å²) in [6.45, 7) is 1.66. The lowest BCUT2D eigenvalue weighted by Crippen LogP contribution is -2.35. The number of nitriles is 1. The largest absolute Gasteiger partial charge is 0.497 e. The van der Waals surface area contributed by atoms with Crippen LogP contribution < -0.4 is 15.0 Å². The van der Waals surface area contributed by atoms with Crippen molar-refractivity contribution < 1.29 is 9.53 Å². The zero-order valence-corrected chi connectivity index (χ0v) is 16.6. The maximum atomic E-state index is 12.7. The number of anilines is 2. The molecule has 0 spiro atoms. The predicted octanol–water partition coefficient (Wildman–Crippen LogP) is 3.32. The first-order valence-corrected chi connectivity index (χ1v) is 9.77. The topological polar surface area (TPSA) is 107 Å². The van der Waals surface area contributed by atoms with Crippen LogP contribution in [0, 0.1) is 11.3 Å². The molecule has 1 aromatic carbocycles. The number of aromatic nitrogens is 3. The van der Waals surface area contributed by atoms with Gasteiger partial charge in [0, 0.05) is 30.8 Å². The Morgan fingerprint density at radius 3 is 2.80 bits per heavy atom. The molecule has 1 amide bonds. The van der Waals surface area contributed by atoms with Crippen LogP contribution in [-0.2, 0) is 0 Å². The predicted molar refractivity (Wildman–Crippen MR) is 113 cm³/mol. The molecule has 8 heteroatoms. The molecule has 30 heavy (non-hydrogen) atoms. The highest BCUT2D eigenvalue weighted by atomic mass is 16.5. The van der Waals surface area contributed by atoms with Gasteiger partial charge in [-0.2, -0.15) is 10.4 Å². The smallest absolute Gasteiger partial charge is 0.255 e. The number of hydrogen-bond donors (Lipinski definition) is 2. The van der Waals surface area contributed by atoms with Gasteiger partial charge < -0.3 is 15.0 Å². The molecule has 4 rings (SSSR count). The van der Waals surface area contributed by atoms with Crippen molar-refractivity contribution in [2.75, 3.05) is 30.4 Å². The summed E-state index contributed by atoms with van der Waals surface area (Å²) >= 11 is 0. The second-order valence-electron chi connectivity index (χ2n) is 7.18. The average Bonchev–Trinajstić information content (AvgIpc) is 3.27. The highest BCUT2D eigenvalue weighted by Crippen LogP contribution is 2.32. The number of rotatable bonds is 5. The minimum atomic E-state index is -0.193. The van der Waals surface area contributed by atoms with Crippen LogP contribution in [0.3, 0.4) is 0 Å². The van der Waals surface area contributed by atoms with E-state index in [1.54, 1.807) is 49.8 Å². The molecule has 1 saturated heterocycles. The second kappa shape index (κ2) is 8.66. The highest BCUT2D eigenvalue weighted by Gasteiger charge is 2.26. The van der Waals surface area contributed by atoms with E-state index in [1.165, 1.54) is 0 Å². The number of H-pyrrole nitrogens is 1. The molecule has 2 N–H and O–H groups in total. The molecule has 3 heterocycles. The van der Waals surface area contributed by atoms with Crippen molar-refractivity contribution in [1.82, 2.24) is 15.2 Å². The number of carbonyl (C=O) groups is 1. The summed E-state index contributed by atoms with van der Waals surface area (Å²) in [5, 5.41) is 19.2. The fourth-order valence-corrected chi connectivity index (χ4v) is 3.70. The van der Waals surface area contributed by atoms with Gasteiger partial charge in [0.1, 0.15) is 17.6 Å². The van der Waals surface area contributed by atoms with E-state index in [2.05, 4.69) is 31.5 Å². The monoisotopic (exact) mass is 402 g/mol. The third-order valence-corrected chi connectivity index (χ3v) is 5.30. The minimum absolute atomic E-state index is 0.185. The molecule has 0 radical (unpaired) electrons. The lowest BCUT2D eigenvalue weighted by molar-refractivity contribution is 0.102. The van der Waals surface area contributed by atoms with E-state index < -0.39 is 0 Å². The number of pyridine rings is 1. The third-order valence-electron chi connectivity index (χ3n) is 5.30. The zero-order chi connectivity index (χ0) is 20.9. The molecular formula is C22H22N6O2. The van der Waals surface area contributed by atoms with Gasteiger partial charge in [0.05, 0.1) is 30.3 Å². The molecule has 1 atom stereocenters. The van der Waals surface area contributed by atoms with Gasteiger partial charge in [-0.15, -0.1) is 0 Å². The van der Waals surface area contributed by atoms with Gasteiger partial charge in [-0.1, -0.05) is 0 Å². The van der Waals surface area contributed by atoms with Crippen LogP contribution in [-0.4, -0.2) is 41.3 Å². The average molecular weight is 402 g/mol. The van der Waals surface area contributed by atoms with E-state index >= 15 is 0 Å². The van der Waals surface area contributed by atoms with Crippen molar-refractivity contribution in [3.8, 4) is 11.8 Å². The molecule has 0 bridgehead atoms. The molecule has 0 aliphatic carbocycles. The van der Waals surface area contributed by atoms with Crippen LogP contribution in [0.2, 0.25) is 0 Å². The highest BCUT2D eigenvalue weighted by molar-refractivity contribution is 6.04. The van der Waals surface area contributed by atoms with Crippen LogP contribution in [0.1, 0.15) is 40.4 Å².